The van der Waals surface area contributed by atoms with Crippen molar-refractivity contribution in [2.24, 2.45) is 0 Å². The Morgan fingerprint density at radius 1 is 1.23 bits per heavy atom. The van der Waals surface area contributed by atoms with Crippen molar-refractivity contribution in [2.75, 3.05) is 34.9 Å². The number of likely N-dealkylation sites (N-methyl/N-ethyl adjacent to an activating group) is 1. The van der Waals surface area contributed by atoms with Gasteiger partial charge in [-0.05, 0) is 38.2 Å². The van der Waals surface area contributed by atoms with E-state index in [9.17, 15) is 4.79 Å². The first kappa shape index (κ1) is 18.3. The van der Waals surface area contributed by atoms with Crippen molar-refractivity contribution < 1.29 is 14.3 Å². The second-order valence-electron chi connectivity index (χ2n) is 5.50. The summed E-state index contributed by atoms with van der Waals surface area (Å²) in [4.78, 5) is 13.9. The normalized spacial score (nSPS) is 12.1. The SMILES string of the molecule is CCCCC(=O)NCC(c1ccc(OC)c(OC)c1)N(C)C. The number of unbranched alkanes of at least 4 members (excludes halogenated alkanes) is 1. The highest BCUT2D eigenvalue weighted by Gasteiger charge is 2.17. The minimum Gasteiger partial charge on any atom is -0.493 e. The summed E-state index contributed by atoms with van der Waals surface area (Å²) in [6, 6.07) is 5.94. The van der Waals surface area contributed by atoms with E-state index < -0.39 is 0 Å². The van der Waals surface area contributed by atoms with Crippen LogP contribution in [0.15, 0.2) is 18.2 Å². The van der Waals surface area contributed by atoms with Gasteiger partial charge in [-0.2, -0.15) is 0 Å². The van der Waals surface area contributed by atoms with Crippen molar-refractivity contribution in [1.82, 2.24) is 10.2 Å². The molecular formula is C17H28N2O3. The molecule has 1 unspecified atom stereocenters. The van der Waals surface area contributed by atoms with Gasteiger partial charge in [-0.3, -0.25) is 4.79 Å². The van der Waals surface area contributed by atoms with E-state index >= 15 is 0 Å². The summed E-state index contributed by atoms with van der Waals surface area (Å²) in [6.45, 7) is 2.66. The molecule has 5 nitrogen and oxygen atoms in total. The van der Waals surface area contributed by atoms with Crippen LogP contribution in [0, 0.1) is 0 Å². The second-order valence-corrected chi connectivity index (χ2v) is 5.50. The van der Waals surface area contributed by atoms with Gasteiger partial charge in [0.15, 0.2) is 11.5 Å². The maximum Gasteiger partial charge on any atom is 0.220 e. The van der Waals surface area contributed by atoms with Gasteiger partial charge in [0.05, 0.1) is 20.3 Å². The number of benzene rings is 1. The zero-order chi connectivity index (χ0) is 16.5. The fraction of sp³-hybridized carbons (Fsp3) is 0.588. The van der Waals surface area contributed by atoms with Crippen molar-refractivity contribution in [1.29, 1.82) is 0 Å². The molecule has 0 fully saturated rings. The maximum absolute atomic E-state index is 11.8. The molecular weight excluding hydrogens is 280 g/mol. The molecule has 0 aliphatic rings. The second kappa shape index (κ2) is 9.30. The molecule has 0 saturated carbocycles. The number of methoxy groups -OCH3 is 2. The number of ether oxygens (including phenoxy) is 2. The predicted molar refractivity (Wildman–Crippen MR) is 88.5 cm³/mol. The number of hydrogen-bond acceptors (Lipinski definition) is 4. The molecule has 0 radical (unpaired) electrons. The third-order valence-electron chi connectivity index (χ3n) is 3.67. The predicted octanol–water partition coefficient (Wildman–Crippen LogP) is 2.61. The molecule has 0 spiro atoms. The van der Waals surface area contributed by atoms with Crippen LogP contribution in [0.3, 0.4) is 0 Å². The lowest BCUT2D eigenvalue weighted by Gasteiger charge is -2.26. The summed E-state index contributed by atoms with van der Waals surface area (Å²) in [5.41, 5.74) is 1.08. The first-order valence-electron chi connectivity index (χ1n) is 7.68. The van der Waals surface area contributed by atoms with Gasteiger partial charge in [0.25, 0.3) is 0 Å². The number of rotatable bonds is 9. The van der Waals surface area contributed by atoms with Crippen LogP contribution in [-0.2, 0) is 4.79 Å². The molecule has 0 aromatic heterocycles. The Kier molecular flexibility index (Phi) is 7.74. The fourth-order valence-corrected chi connectivity index (χ4v) is 2.29. The minimum atomic E-state index is 0.0883. The Morgan fingerprint density at radius 2 is 1.91 bits per heavy atom. The summed E-state index contributed by atoms with van der Waals surface area (Å²) < 4.78 is 10.6. The largest absolute Gasteiger partial charge is 0.493 e. The zero-order valence-corrected chi connectivity index (χ0v) is 14.3. The van der Waals surface area contributed by atoms with Crippen molar-refractivity contribution in [3.05, 3.63) is 23.8 Å². The molecule has 0 heterocycles. The number of nitrogens with one attached hydrogen (secondary N) is 1. The summed E-state index contributed by atoms with van der Waals surface area (Å²) >= 11 is 0. The van der Waals surface area contributed by atoms with E-state index in [4.69, 9.17) is 9.47 Å². The lowest BCUT2D eigenvalue weighted by atomic mass is 10.0. The lowest BCUT2D eigenvalue weighted by Crippen LogP contribution is -2.34. The van der Waals surface area contributed by atoms with Crippen LogP contribution < -0.4 is 14.8 Å². The van der Waals surface area contributed by atoms with Crippen LogP contribution in [0.5, 0.6) is 11.5 Å². The minimum absolute atomic E-state index is 0.0883. The highest BCUT2D eigenvalue weighted by Crippen LogP contribution is 2.31. The molecule has 124 valence electrons. The molecule has 1 amide bonds. The average molecular weight is 308 g/mol. The van der Waals surface area contributed by atoms with Crippen LogP contribution in [0.1, 0.15) is 37.8 Å². The summed E-state index contributed by atoms with van der Waals surface area (Å²) in [5.74, 6) is 1.51. The fourth-order valence-electron chi connectivity index (χ4n) is 2.29. The number of carbonyl (C=O) groups excluding carboxylic acids is 1. The number of nitrogens with zero attached hydrogens (tertiary/aromatic N) is 1. The van der Waals surface area contributed by atoms with Crippen molar-refractivity contribution >= 4 is 5.91 Å². The molecule has 0 bridgehead atoms. The van der Waals surface area contributed by atoms with Crippen molar-refractivity contribution in [2.45, 2.75) is 32.2 Å². The van der Waals surface area contributed by atoms with Crippen LogP contribution in [0.25, 0.3) is 0 Å². The zero-order valence-electron chi connectivity index (χ0n) is 14.3. The Labute approximate surface area is 133 Å². The number of carbonyl (C=O) groups is 1. The number of hydrogen-bond donors (Lipinski definition) is 1. The molecule has 0 aliphatic heterocycles. The Hall–Kier alpha value is -1.75. The van der Waals surface area contributed by atoms with Gasteiger partial charge in [-0.25, -0.2) is 0 Å². The van der Waals surface area contributed by atoms with Gasteiger partial charge in [0, 0.05) is 13.0 Å². The monoisotopic (exact) mass is 308 g/mol. The van der Waals surface area contributed by atoms with E-state index in [0.717, 1.165) is 18.4 Å². The average Bonchev–Trinajstić information content (AvgIpc) is 2.52. The summed E-state index contributed by atoms with van der Waals surface area (Å²) in [5, 5.41) is 3.01. The van der Waals surface area contributed by atoms with Crippen LogP contribution >= 0.6 is 0 Å². The van der Waals surface area contributed by atoms with E-state index in [1.54, 1.807) is 14.2 Å². The first-order valence-corrected chi connectivity index (χ1v) is 7.68. The Balaban J connectivity index is 2.80. The van der Waals surface area contributed by atoms with E-state index in [0.29, 0.717) is 24.5 Å². The topological polar surface area (TPSA) is 50.8 Å². The van der Waals surface area contributed by atoms with Crippen LogP contribution in [0.4, 0.5) is 0 Å². The summed E-state index contributed by atoms with van der Waals surface area (Å²) in [7, 11) is 7.24. The molecule has 0 aliphatic carbocycles. The van der Waals surface area contributed by atoms with Gasteiger partial charge in [0.1, 0.15) is 0 Å². The highest BCUT2D eigenvalue weighted by atomic mass is 16.5. The van der Waals surface area contributed by atoms with Crippen molar-refractivity contribution in [3.63, 3.8) is 0 Å². The quantitative estimate of drug-likeness (QED) is 0.762. The van der Waals surface area contributed by atoms with Crippen LogP contribution in [0.2, 0.25) is 0 Å². The number of amides is 1. The molecule has 5 heteroatoms. The third-order valence-corrected chi connectivity index (χ3v) is 3.67. The van der Waals surface area contributed by atoms with E-state index in [-0.39, 0.29) is 11.9 Å². The third kappa shape index (κ3) is 5.22. The van der Waals surface area contributed by atoms with Gasteiger partial charge < -0.3 is 19.7 Å². The highest BCUT2D eigenvalue weighted by molar-refractivity contribution is 5.75. The standard InChI is InChI=1S/C17H28N2O3/c1-6-7-8-17(20)18-12-14(19(2)3)13-9-10-15(21-4)16(11-13)22-5/h9-11,14H,6-8,12H2,1-5H3,(H,18,20). The van der Waals surface area contributed by atoms with Crippen molar-refractivity contribution in [3.8, 4) is 11.5 Å². The Bertz CT molecular complexity index is 475. The van der Waals surface area contributed by atoms with Gasteiger partial charge in [-0.15, -0.1) is 0 Å². The maximum atomic E-state index is 11.8. The Morgan fingerprint density at radius 3 is 2.45 bits per heavy atom. The van der Waals surface area contributed by atoms with Crippen LogP contribution in [-0.4, -0.2) is 45.7 Å². The molecule has 1 N–H and O–H groups in total. The smallest absolute Gasteiger partial charge is 0.220 e. The van der Waals surface area contributed by atoms with Gasteiger partial charge >= 0.3 is 0 Å². The molecule has 1 aromatic carbocycles. The van der Waals surface area contributed by atoms with Gasteiger partial charge in [0.2, 0.25) is 5.91 Å². The van der Waals surface area contributed by atoms with E-state index in [2.05, 4.69) is 17.1 Å². The first-order chi connectivity index (χ1) is 10.5. The molecule has 1 rings (SSSR count). The molecule has 1 atom stereocenters. The molecule has 0 saturated heterocycles. The van der Waals surface area contributed by atoms with Gasteiger partial charge in [-0.1, -0.05) is 19.4 Å². The lowest BCUT2D eigenvalue weighted by molar-refractivity contribution is -0.121. The molecule has 1 aromatic rings. The summed E-state index contributed by atoms with van der Waals surface area (Å²) in [6.07, 6.45) is 2.54. The van der Waals surface area contributed by atoms with E-state index in [1.165, 1.54) is 0 Å². The molecule has 22 heavy (non-hydrogen) atoms. The van der Waals surface area contributed by atoms with E-state index in [1.807, 2.05) is 32.3 Å².